The van der Waals surface area contributed by atoms with Crippen LogP contribution in [-0.4, -0.2) is 61.0 Å². The number of carbonyl (C=O) groups excluding carboxylic acids is 1. The number of piperazine rings is 1. The van der Waals surface area contributed by atoms with Crippen LogP contribution in [0, 0.1) is 0 Å². The summed E-state index contributed by atoms with van der Waals surface area (Å²) in [5.41, 5.74) is 0. The van der Waals surface area contributed by atoms with Crippen molar-refractivity contribution in [2.75, 3.05) is 45.1 Å². The summed E-state index contributed by atoms with van der Waals surface area (Å²) in [6, 6.07) is 10.5. The minimum Gasteiger partial charge on any atom is -0.450 e. The van der Waals surface area contributed by atoms with Gasteiger partial charge >= 0.3 is 6.09 Å². The second kappa shape index (κ2) is 8.17. The van der Waals surface area contributed by atoms with Crippen LogP contribution < -0.4 is 0 Å². The largest absolute Gasteiger partial charge is 0.450 e. The first-order valence-corrected chi connectivity index (χ1v) is 8.10. The average molecular weight is 294 g/mol. The van der Waals surface area contributed by atoms with Crippen LogP contribution in [0.1, 0.15) is 6.92 Å². The van der Waals surface area contributed by atoms with Crippen molar-refractivity contribution in [1.82, 2.24) is 9.80 Å². The van der Waals surface area contributed by atoms with E-state index >= 15 is 0 Å². The summed E-state index contributed by atoms with van der Waals surface area (Å²) in [4.78, 5) is 17.1. The van der Waals surface area contributed by atoms with Gasteiger partial charge in [0.25, 0.3) is 0 Å². The Hall–Kier alpha value is -1.20. The average Bonchev–Trinajstić information content (AvgIpc) is 2.49. The predicted octanol–water partition coefficient (Wildman–Crippen LogP) is 2.55. The lowest BCUT2D eigenvalue weighted by Gasteiger charge is -2.33. The first kappa shape index (κ1) is 15.2. The Labute approximate surface area is 125 Å². The summed E-state index contributed by atoms with van der Waals surface area (Å²) in [6.07, 6.45) is -0.175. The van der Waals surface area contributed by atoms with Crippen molar-refractivity contribution < 1.29 is 9.53 Å². The van der Waals surface area contributed by atoms with Gasteiger partial charge in [0.1, 0.15) is 0 Å². The zero-order valence-corrected chi connectivity index (χ0v) is 12.8. The molecular weight excluding hydrogens is 272 g/mol. The smallest absolute Gasteiger partial charge is 0.409 e. The van der Waals surface area contributed by atoms with E-state index in [1.165, 1.54) is 4.90 Å². The molecule has 1 amide bonds. The second-order valence-corrected chi connectivity index (χ2v) is 5.86. The molecule has 0 atom stereocenters. The van der Waals surface area contributed by atoms with Crippen molar-refractivity contribution in [1.29, 1.82) is 0 Å². The fourth-order valence-corrected chi connectivity index (χ4v) is 3.11. The van der Waals surface area contributed by atoms with E-state index in [1.54, 1.807) is 4.90 Å². The van der Waals surface area contributed by atoms with E-state index in [0.29, 0.717) is 6.61 Å². The van der Waals surface area contributed by atoms with Gasteiger partial charge in [-0.05, 0) is 19.1 Å². The summed E-state index contributed by atoms with van der Waals surface area (Å²) >= 11 is 1.88. The van der Waals surface area contributed by atoms with E-state index in [-0.39, 0.29) is 6.09 Å². The summed E-state index contributed by atoms with van der Waals surface area (Å²) < 4.78 is 5.02. The molecular formula is C15H22N2O2S. The maximum absolute atomic E-state index is 11.6. The number of nitrogens with zero attached hydrogens (tertiary/aromatic N) is 2. The molecule has 1 heterocycles. The molecule has 1 fully saturated rings. The molecule has 0 radical (unpaired) electrons. The Kier molecular flexibility index (Phi) is 6.21. The SMILES string of the molecule is CCOC(=O)N1CCN(CCSc2ccccc2)CC1. The molecule has 1 aromatic rings. The van der Waals surface area contributed by atoms with Crippen LogP contribution in [0.3, 0.4) is 0 Å². The van der Waals surface area contributed by atoms with Crippen LogP contribution in [-0.2, 0) is 4.74 Å². The molecule has 5 heteroatoms. The zero-order chi connectivity index (χ0) is 14.2. The highest BCUT2D eigenvalue weighted by Crippen LogP contribution is 2.17. The third-order valence-electron chi connectivity index (χ3n) is 3.32. The Bertz CT molecular complexity index is 406. The molecule has 20 heavy (non-hydrogen) atoms. The number of carbonyl (C=O) groups is 1. The number of ether oxygens (including phenoxy) is 1. The van der Waals surface area contributed by atoms with E-state index < -0.39 is 0 Å². The van der Waals surface area contributed by atoms with Crippen LogP contribution in [0.4, 0.5) is 4.79 Å². The molecule has 0 aliphatic carbocycles. The quantitative estimate of drug-likeness (QED) is 0.781. The van der Waals surface area contributed by atoms with Gasteiger partial charge in [0.05, 0.1) is 6.61 Å². The van der Waals surface area contributed by atoms with E-state index in [2.05, 4.69) is 29.2 Å². The van der Waals surface area contributed by atoms with Crippen molar-refractivity contribution in [2.24, 2.45) is 0 Å². The Balaban J connectivity index is 1.63. The lowest BCUT2D eigenvalue weighted by atomic mass is 10.3. The summed E-state index contributed by atoms with van der Waals surface area (Å²) in [6.45, 7) is 6.78. The molecule has 0 N–H and O–H groups in total. The third-order valence-corrected chi connectivity index (χ3v) is 4.31. The topological polar surface area (TPSA) is 32.8 Å². The summed E-state index contributed by atoms with van der Waals surface area (Å²) in [5, 5.41) is 0. The first-order valence-electron chi connectivity index (χ1n) is 7.11. The van der Waals surface area contributed by atoms with Crippen LogP contribution in [0.15, 0.2) is 35.2 Å². The number of amides is 1. The molecule has 1 aliphatic rings. The monoisotopic (exact) mass is 294 g/mol. The number of hydrogen-bond donors (Lipinski definition) is 0. The second-order valence-electron chi connectivity index (χ2n) is 4.69. The Morgan fingerprint density at radius 3 is 2.55 bits per heavy atom. The Morgan fingerprint density at radius 1 is 1.20 bits per heavy atom. The van der Waals surface area contributed by atoms with E-state index in [1.807, 2.05) is 24.8 Å². The van der Waals surface area contributed by atoms with Crippen molar-refractivity contribution in [3.05, 3.63) is 30.3 Å². The normalized spacial score (nSPS) is 16.1. The maximum atomic E-state index is 11.6. The van der Waals surface area contributed by atoms with Crippen molar-refractivity contribution >= 4 is 17.9 Å². The van der Waals surface area contributed by atoms with Crippen LogP contribution in [0.25, 0.3) is 0 Å². The van der Waals surface area contributed by atoms with Gasteiger partial charge in [-0.1, -0.05) is 18.2 Å². The molecule has 0 bridgehead atoms. The highest BCUT2D eigenvalue weighted by Gasteiger charge is 2.21. The fourth-order valence-electron chi connectivity index (χ4n) is 2.18. The highest BCUT2D eigenvalue weighted by atomic mass is 32.2. The van der Waals surface area contributed by atoms with Crippen LogP contribution >= 0.6 is 11.8 Å². The number of thioether (sulfide) groups is 1. The maximum Gasteiger partial charge on any atom is 0.409 e. The van der Waals surface area contributed by atoms with Crippen molar-refractivity contribution in [3.63, 3.8) is 0 Å². The summed E-state index contributed by atoms with van der Waals surface area (Å²) in [5.74, 6) is 1.09. The van der Waals surface area contributed by atoms with Gasteiger partial charge in [-0.2, -0.15) is 0 Å². The lowest BCUT2D eigenvalue weighted by molar-refractivity contribution is 0.0813. The van der Waals surface area contributed by atoms with Crippen molar-refractivity contribution in [3.8, 4) is 0 Å². The van der Waals surface area contributed by atoms with Crippen LogP contribution in [0.2, 0.25) is 0 Å². The lowest BCUT2D eigenvalue weighted by Crippen LogP contribution is -2.49. The van der Waals surface area contributed by atoms with Gasteiger partial charge in [0.15, 0.2) is 0 Å². The molecule has 2 rings (SSSR count). The van der Waals surface area contributed by atoms with Gasteiger partial charge in [-0.15, -0.1) is 11.8 Å². The molecule has 0 unspecified atom stereocenters. The molecule has 1 aliphatic heterocycles. The van der Waals surface area contributed by atoms with Gasteiger partial charge in [0, 0.05) is 43.4 Å². The standard InChI is InChI=1S/C15H22N2O2S/c1-2-19-15(18)17-10-8-16(9-11-17)12-13-20-14-6-4-3-5-7-14/h3-7H,2,8-13H2,1H3. The number of benzene rings is 1. The number of hydrogen-bond acceptors (Lipinski definition) is 4. The number of rotatable bonds is 5. The Morgan fingerprint density at radius 2 is 1.90 bits per heavy atom. The minimum absolute atomic E-state index is 0.175. The van der Waals surface area contributed by atoms with E-state index in [9.17, 15) is 4.79 Å². The minimum atomic E-state index is -0.175. The van der Waals surface area contributed by atoms with Gasteiger partial charge < -0.3 is 9.64 Å². The third kappa shape index (κ3) is 4.72. The van der Waals surface area contributed by atoms with E-state index in [0.717, 1.165) is 38.5 Å². The van der Waals surface area contributed by atoms with E-state index in [4.69, 9.17) is 4.74 Å². The molecule has 1 aromatic carbocycles. The molecule has 0 spiro atoms. The molecule has 1 saturated heterocycles. The fraction of sp³-hybridized carbons (Fsp3) is 0.533. The zero-order valence-electron chi connectivity index (χ0n) is 12.0. The first-order chi connectivity index (χ1) is 9.79. The van der Waals surface area contributed by atoms with Gasteiger partial charge in [-0.25, -0.2) is 4.79 Å². The van der Waals surface area contributed by atoms with Gasteiger partial charge in [0.2, 0.25) is 0 Å². The molecule has 110 valence electrons. The predicted molar refractivity (Wildman–Crippen MR) is 82.2 cm³/mol. The molecule has 4 nitrogen and oxygen atoms in total. The van der Waals surface area contributed by atoms with Crippen LogP contribution in [0.5, 0.6) is 0 Å². The highest BCUT2D eigenvalue weighted by molar-refractivity contribution is 7.99. The van der Waals surface area contributed by atoms with Crippen molar-refractivity contribution in [2.45, 2.75) is 11.8 Å². The molecule has 0 aromatic heterocycles. The molecule has 0 saturated carbocycles. The summed E-state index contributed by atoms with van der Waals surface area (Å²) in [7, 11) is 0. The van der Waals surface area contributed by atoms with Gasteiger partial charge in [-0.3, -0.25) is 4.90 Å².